The Morgan fingerprint density at radius 1 is 1.07 bits per heavy atom. The lowest BCUT2D eigenvalue weighted by Crippen LogP contribution is -2.40. The number of benzene rings is 2. The molecule has 2 aromatic rings. The summed E-state index contributed by atoms with van der Waals surface area (Å²) >= 11 is 3.37. The summed E-state index contributed by atoms with van der Waals surface area (Å²) in [7, 11) is 0. The van der Waals surface area contributed by atoms with Crippen molar-refractivity contribution in [3.05, 3.63) is 69.7 Å². The van der Waals surface area contributed by atoms with E-state index in [4.69, 9.17) is 4.74 Å². The van der Waals surface area contributed by atoms with Gasteiger partial charge < -0.3 is 10.1 Å². The first-order valence-electron chi connectivity index (χ1n) is 9.55. The molecule has 1 unspecified atom stereocenters. The number of nitrogens with zero attached hydrogens (tertiary/aromatic N) is 1. The Bertz CT molecular complexity index is 817. The number of halogens is 1. The highest BCUT2D eigenvalue weighted by Crippen LogP contribution is 2.17. The van der Waals surface area contributed by atoms with E-state index in [0.717, 1.165) is 43.7 Å². The standard InChI is InChI=1S/C22H25BrN2O3/c1-16(10-11-25-12-14-28-15-13-25)24-22(27)20-5-3-2-4-19(20)21(26)17-6-8-18(23)9-7-17/h2-9,16H,10-15H2,1H3,(H,24,27). The molecule has 6 heteroatoms. The van der Waals surface area contributed by atoms with Crippen LogP contribution in [0.5, 0.6) is 0 Å². The summed E-state index contributed by atoms with van der Waals surface area (Å²) in [6.07, 6.45) is 0.856. The summed E-state index contributed by atoms with van der Waals surface area (Å²) in [6, 6.07) is 14.2. The molecular formula is C22H25BrN2O3. The fourth-order valence-electron chi connectivity index (χ4n) is 3.21. The Morgan fingerprint density at radius 3 is 2.39 bits per heavy atom. The van der Waals surface area contributed by atoms with Gasteiger partial charge in [0.1, 0.15) is 0 Å². The van der Waals surface area contributed by atoms with Crippen LogP contribution >= 0.6 is 15.9 Å². The first-order valence-corrected chi connectivity index (χ1v) is 10.3. The lowest BCUT2D eigenvalue weighted by molar-refractivity contribution is 0.0363. The molecule has 1 aliphatic heterocycles. The van der Waals surface area contributed by atoms with Crippen LogP contribution in [0, 0.1) is 0 Å². The van der Waals surface area contributed by atoms with Crippen LogP contribution in [0.2, 0.25) is 0 Å². The van der Waals surface area contributed by atoms with Crippen molar-refractivity contribution in [2.75, 3.05) is 32.8 Å². The number of carbonyl (C=O) groups is 2. The Kier molecular flexibility index (Phi) is 7.36. The molecule has 1 atom stereocenters. The maximum absolute atomic E-state index is 12.9. The van der Waals surface area contributed by atoms with Crippen molar-refractivity contribution in [2.24, 2.45) is 0 Å². The summed E-state index contributed by atoms with van der Waals surface area (Å²) in [6.45, 7) is 6.33. The summed E-state index contributed by atoms with van der Waals surface area (Å²) in [4.78, 5) is 28.0. The maximum atomic E-state index is 12.9. The third-order valence-corrected chi connectivity index (χ3v) is 5.41. The highest BCUT2D eigenvalue weighted by Gasteiger charge is 2.20. The van der Waals surface area contributed by atoms with Crippen molar-refractivity contribution in [3.8, 4) is 0 Å². The van der Waals surface area contributed by atoms with Crippen LogP contribution in [0.3, 0.4) is 0 Å². The minimum Gasteiger partial charge on any atom is -0.379 e. The Morgan fingerprint density at radius 2 is 1.71 bits per heavy atom. The molecule has 0 saturated carbocycles. The molecule has 0 aliphatic carbocycles. The highest BCUT2D eigenvalue weighted by atomic mass is 79.9. The number of ketones is 1. The number of nitrogens with one attached hydrogen (secondary N) is 1. The highest BCUT2D eigenvalue weighted by molar-refractivity contribution is 9.10. The van der Waals surface area contributed by atoms with E-state index in [1.807, 2.05) is 19.1 Å². The van der Waals surface area contributed by atoms with Crippen LogP contribution in [0.15, 0.2) is 53.0 Å². The van der Waals surface area contributed by atoms with Crippen molar-refractivity contribution in [3.63, 3.8) is 0 Å². The smallest absolute Gasteiger partial charge is 0.252 e. The number of amides is 1. The Hall–Kier alpha value is -2.02. The van der Waals surface area contributed by atoms with Crippen LogP contribution in [0.1, 0.15) is 39.6 Å². The van der Waals surface area contributed by atoms with E-state index < -0.39 is 0 Å². The molecule has 0 aromatic heterocycles. The molecule has 28 heavy (non-hydrogen) atoms. The van der Waals surface area contributed by atoms with E-state index in [-0.39, 0.29) is 17.7 Å². The van der Waals surface area contributed by atoms with Crippen LogP contribution in [0.25, 0.3) is 0 Å². The first-order chi connectivity index (χ1) is 13.5. The zero-order valence-corrected chi connectivity index (χ0v) is 17.6. The summed E-state index contributed by atoms with van der Waals surface area (Å²) in [5, 5.41) is 3.04. The van der Waals surface area contributed by atoms with Gasteiger partial charge in [-0.05, 0) is 43.7 Å². The Labute approximate surface area is 174 Å². The normalized spacial score (nSPS) is 15.8. The van der Waals surface area contributed by atoms with Gasteiger partial charge in [-0.1, -0.05) is 34.1 Å². The molecule has 1 heterocycles. The molecule has 148 valence electrons. The van der Waals surface area contributed by atoms with E-state index in [2.05, 4.69) is 26.1 Å². The zero-order valence-electron chi connectivity index (χ0n) is 16.0. The van der Waals surface area contributed by atoms with E-state index in [1.165, 1.54) is 0 Å². The second-order valence-electron chi connectivity index (χ2n) is 7.00. The van der Waals surface area contributed by atoms with E-state index in [9.17, 15) is 9.59 Å². The van der Waals surface area contributed by atoms with Crippen molar-refractivity contribution < 1.29 is 14.3 Å². The van der Waals surface area contributed by atoms with Crippen molar-refractivity contribution >= 4 is 27.6 Å². The maximum Gasteiger partial charge on any atom is 0.252 e. The largest absolute Gasteiger partial charge is 0.379 e. The number of hydrogen-bond donors (Lipinski definition) is 1. The molecule has 2 aromatic carbocycles. The number of carbonyl (C=O) groups excluding carboxylic acids is 2. The van der Waals surface area contributed by atoms with Crippen molar-refractivity contribution in [1.82, 2.24) is 10.2 Å². The molecule has 1 saturated heterocycles. The number of hydrogen-bond acceptors (Lipinski definition) is 4. The van der Waals surface area contributed by atoms with Gasteiger partial charge in [0, 0.05) is 41.3 Å². The fourth-order valence-corrected chi connectivity index (χ4v) is 3.47. The molecule has 1 fully saturated rings. The number of rotatable bonds is 7. The molecule has 0 spiro atoms. The molecule has 1 N–H and O–H groups in total. The monoisotopic (exact) mass is 444 g/mol. The fraction of sp³-hybridized carbons (Fsp3) is 0.364. The van der Waals surface area contributed by atoms with Gasteiger partial charge in [0.05, 0.1) is 18.8 Å². The third kappa shape index (κ3) is 5.50. The van der Waals surface area contributed by atoms with E-state index in [1.54, 1.807) is 36.4 Å². The molecule has 5 nitrogen and oxygen atoms in total. The quantitative estimate of drug-likeness (QED) is 0.663. The SMILES string of the molecule is CC(CCN1CCOCC1)NC(=O)c1ccccc1C(=O)c1ccc(Br)cc1. The number of ether oxygens (including phenoxy) is 1. The first kappa shape index (κ1) is 20.7. The second kappa shape index (κ2) is 9.96. The third-order valence-electron chi connectivity index (χ3n) is 4.88. The van der Waals surface area contributed by atoms with Gasteiger partial charge in [-0.25, -0.2) is 0 Å². The van der Waals surface area contributed by atoms with Crippen LogP contribution in [-0.4, -0.2) is 55.5 Å². The minimum atomic E-state index is -0.212. The molecule has 0 radical (unpaired) electrons. The predicted molar refractivity (Wildman–Crippen MR) is 113 cm³/mol. The van der Waals surface area contributed by atoms with E-state index >= 15 is 0 Å². The lowest BCUT2D eigenvalue weighted by Gasteiger charge is -2.27. The van der Waals surface area contributed by atoms with Gasteiger partial charge in [-0.15, -0.1) is 0 Å². The Balaban J connectivity index is 1.65. The predicted octanol–water partition coefficient (Wildman–Crippen LogP) is 3.52. The van der Waals surface area contributed by atoms with Gasteiger partial charge in [0.25, 0.3) is 5.91 Å². The van der Waals surface area contributed by atoms with Crippen LogP contribution in [-0.2, 0) is 4.74 Å². The topological polar surface area (TPSA) is 58.6 Å². The van der Waals surface area contributed by atoms with Crippen LogP contribution < -0.4 is 5.32 Å². The lowest BCUT2D eigenvalue weighted by atomic mass is 9.97. The van der Waals surface area contributed by atoms with E-state index in [0.29, 0.717) is 16.7 Å². The van der Waals surface area contributed by atoms with Gasteiger partial charge in [-0.3, -0.25) is 14.5 Å². The van der Waals surface area contributed by atoms with Crippen molar-refractivity contribution in [1.29, 1.82) is 0 Å². The molecule has 3 rings (SSSR count). The summed E-state index contributed by atoms with van der Waals surface area (Å²) in [5.74, 6) is -0.366. The van der Waals surface area contributed by atoms with Gasteiger partial charge >= 0.3 is 0 Å². The second-order valence-corrected chi connectivity index (χ2v) is 7.91. The average Bonchev–Trinajstić information content (AvgIpc) is 2.73. The molecule has 0 bridgehead atoms. The van der Waals surface area contributed by atoms with Gasteiger partial charge in [0.15, 0.2) is 5.78 Å². The van der Waals surface area contributed by atoms with Gasteiger partial charge in [-0.2, -0.15) is 0 Å². The minimum absolute atomic E-state index is 0.0196. The van der Waals surface area contributed by atoms with Gasteiger partial charge in [0.2, 0.25) is 0 Å². The summed E-state index contributed by atoms with van der Waals surface area (Å²) < 4.78 is 6.27. The van der Waals surface area contributed by atoms with Crippen molar-refractivity contribution in [2.45, 2.75) is 19.4 Å². The molecule has 1 aliphatic rings. The number of morpholine rings is 1. The summed E-state index contributed by atoms with van der Waals surface area (Å²) in [5.41, 5.74) is 1.39. The average molecular weight is 445 g/mol. The van der Waals surface area contributed by atoms with Crippen LogP contribution in [0.4, 0.5) is 0 Å². The zero-order chi connectivity index (χ0) is 19.9. The molecular weight excluding hydrogens is 420 g/mol. The molecule has 1 amide bonds.